The van der Waals surface area contributed by atoms with Crippen LogP contribution in [0.2, 0.25) is 0 Å². The highest BCUT2D eigenvalue weighted by atomic mass is 19.1. The topological polar surface area (TPSA) is 95.4 Å². The highest BCUT2D eigenvalue weighted by Gasteiger charge is 2.38. The van der Waals surface area contributed by atoms with E-state index in [0.29, 0.717) is 43.1 Å². The van der Waals surface area contributed by atoms with Gasteiger partial charge in [0.2, 0.25) is 5.91 Å². The fraction of sp³-hybridized carbons (Fsp3) is 0.448. The lowest BCUT2D eigenvalue weighted by atomic mass is 10.1. The Bertz CT molecular complexity index is 1250. The van der Waals surface area contributed by atoms with Gasteiger partial charge in [0.1, 0.15) is 11.9 Å². The molecule has 5 rings (SSSR count). The molecule has 10 heteroatoms. The van der Waals surface area contributed by atoms with Crippen molar-refractivity contribution in [2.24, 2.45) is 0 Å². The number of carbonyl (C=O) groups excluding carboxylic acids is 2. The van der Waals surface area contributed by atoms with Crippen molar-refractivity contribution in [3.05, 3.63) is 77.9 Å². The van der Waals surface area contributed by atoms with Gasteiger partial charge in [-0.05, 0) is 88.3 Å². The second-order valence-corrected chi connectivity index (χ2v) is 10.7. The predicted molar refractivity (Wildman–Crippen MR) is 146 cm³/mol. The number of carbonyl (C=O) groups is 2. The first-order chi connectivity index (χ1) is 18.9. The first kappa shape index (κ1) is 27.0. The molecule has 3 aromatic rings. The van der Waals surface area contributed by atoms with Crippen LogP contribution < -0.4 is 10.6 Å². The summed E-state index contributed by atoms with van der Waals surface area (Å²) in [6.07, 6.45) is 6.58. The molecular weight excluding hydrogens is 497 g/mol. The molecule has 1 aliphatic heterocycles. The van der Waals surface area contributed by atoms with E-state index in [1.54, 1.807) is 41.3 Å². The number of hydrogen-bond donors (Lipinski definition) is 2. The van der Waals surface area contributed by atoms with Crippen LogP contribution in [-0.4, -0.2) is 88.5 Å². The van der Waals surface area contributed by atoms with Crippen LogP contribution in [0.1, 0.15) is 47.5 Å². The third kappa shape index (κ3) is 6.69. The summed E-state index contributed by atoms with van der Waals surface area (Å²) >= 11 is 0. The zero-order valence-corrected chi connectivity index (χ0v) is 22.5. The van der Waals surface area contributed by atoms with Gasteiger partial charge in [-0.1, -0.05) is 17.3 Å². The highest BCUT2D eigenvalue weighted by molar-refractivity contribution is 5.97. The summed E-state index contributed by atoms with van der Waals surface area (Å²) in [6, 6.07) is 13.9. The van der Waals surface area contributed by atoms with E-state index >= 15 is 0 Å². The summed E-state index contributed by atoms with van der Waals surface area (Å²) in [5.74, 6) is -0.116. The van der Waals surface area contributed by atoms with Crippen LogP contribution in [-0.2, 0) is 4.79 Å². The van der Waals surface area contributed by atoms with Crippen LogP contribution in [0.4, 0.5) is 4.39 Å². The van der Waals surface area contributed by atoms with Crippen molar-refractivity contribution in [3.8, 4) is 5.69 Å². The molecule has 2 heterocycles. The second-order valence-electron chi connectivity index (χ2n) is 10.7. The fourth-order valence-electron chi connectivity index (χ4n) is 5.29. The molecule has 206 valence electrons. The maximum atomic E-state index is 13.5. The Balaban J connectivity index is 1.17. The SMILES string of the molecule is CN(C)C1CCN(C(=O)[C@H](CCCN[C@@H]2C[C@H]2c2ccc(F)cc2)NC(=O)c2ccc(-n3ccnn3)cc2)C1. The largest absolute Gasteiger partial charge is 0.340 e. The molecule has 1 aliphatic carbocycles. The number of benzene rings is 2. The van der Waals surface area contributed by atoms with Crippen LogP contribution in [0.25, 0.3) is 5.69 Å². The molecule has 1 unspecified atom stereocenters. The molecule has 1 saturated carbocycles. The zero-order chi connectivity index (χ0) is 27.4. The molecule has 0 radical (unpaired) electrons. The minimum Gasteiger partial charge on any atom is -0.340 e. The van der Waals surface area contributed by atoms with Gasteiger partial charge in [0.15, 0.2) is 0 Å². The van der Waals surface area contributed by atoms with Crippen LogP contribution >= 0.6 is 0 Å². The van der Waals surface area contributed by atoms with Gasteiger partial charge in [0.25, 0.3) is 5.91 Å². The van der Waals surface area contributed by atoms with Gasteiger partial charge in [0.05, 0.1) is 18.1 Å². The smallest absolute Gasteiger partial charge is 0.251 e. The Labute approximate surface area is 228 Å². The van der Waals surface area contributed by atoms with E-state index < -0.39 is 6.04 Å². The normalized spacial score (nSPS) is 21.2. The van der Waals surface area contributed by atoms with Gasteiger partial charge in [-0.15, -0.1) is 5.10 Å². The number of halogens is 1. The van der Waals surface area contributed by atoms with Gasteiger partial charge >= 0.3 is 0 Å². The van der Waals surface area contributed by atoms with E-state index in [0.717, 1.165) is 37.1 Å². The van der Waals surface area contributed by atoms with Crippen molar-refractivity contribution < 1.29 is 14.0 Å². The molecule has 9 nitrogen and oxygen atoms in total. The lowest BCUT2D eigenvalue weighted by Crippen LogP contribution is -2.48. The van der Waals surface area contributed by atoms with E-state index in [1.165, 1.54) is 12.1 Å². The number of aromatic nitrogens is 3. The number of likely N-dealkylation sites (N-methyl/N-ethyl adjacent to an activating group) is 1. The number of likely N-dealkylation sites (tertiary alicyclic amines) is 1. The molecule has 0 spiro atoms. The first-order valence-electron chi connectivity index (χ1n) is 13.6. The number of amides is 2. The van der Waals surface area contributed by atoms with Crippen molar-refractivity contribution in [1.29, 1.82) is 0 Å². The minimum atomic E-state index is -0.595. The average molecular weight is 534 g/mol. The molecule has 2 aliphatic rings. The molecule has 2 amide bonds. The maximum absolute atomic E-state index is 13.5. The van der Waals surface area contributed by atoms with E-state index in [9.17, 15) is 14.0 Å². The molecule has 2 N–H and O–H groups in total. The summed E-state index contributed by atoms with van der Waals surface area (Å²) in [4.78, 5) is 30.7. The quantitative estimate of drug-likeness (QED) is 0.368. The Morgan fingerprint density at radius 2 is 1.90 bits per heavy atom. The third-order valence-electron chi connectivity index (χ3n) is 7.79. The first-order valence-corrected chi connectivity index (χ1v) is 13.6. The summed E-state index contributed by atoms with van der Waals surface area (Å²) in [5.41, 5.74) is 2.43. The van der Waals surface area contributed by atoms with E-state index in [1.807, 2.05) is 31.1 Å². The van der Waals surface area contributed by atoms with E-state index in [-0.39, 0.29) is 17.6 Å². The Morgan fingerprint density at radius 1 is 1.13 bits per heavy atom. The maximum Gasteiger partial charge on any atom is 0.251 e. The third-order valence-corrected chi connectivity index (χ3v) is 7.79. The van der Waals surface area contributed by atoms with Crippen LogP contribution in [0.15, 0.2) is 60.9 Å². The summed E-state index contributed by atoms with van der Waals surface area (Å²) in [6.45, 7) is 2.11. The molecule has 2 fully saturated rings. The number of nitrogens with zero attached hydrogens (tertiary/aromatic N) is 5. The molecule has 0 bridgehead atoms. The molecule has 2 aromatic carbocycles. The van der Waals surface area contributed by atoms with Gasteiger partial charge in [-0.3, -0.25) is 9.59 Å². The van der Waals surface area contributed by atoms with E-state index in [2.05, 4.69) is 25.8 Å². The second kappa shape index (κ2) is 12.0. The molecular formula is C29H36FN7O2. The fourth-order valence-corrected chi connectivity index (χ4v) is 5.29. The molecule has 39 heavy (non-hydrogen) atoms. The van der Waals surface area contributed by atoms with Crippen molar-refractivity contribution in [1.82, 2.24) is 35.4 Å². The van der Waals surface area contributed by atoms with Gasteiger partial charge < -0.3 is 20.4 Å². The van der Waals surface area contributed by atoms with E-state index in [4.69, 9.17) is 0 Å². The number of nitrogens with one attached hydrogen (secondary N) is 2. The standard InChI is InChI=1S/C29H36FN7O2/c1-35(2)24-13-16-36(19-24)29(39)26(4-3-14-31-27-18-25(27)20-5-9-22(30)10-6-20)33-28(38)21-7-11-23(12-8-21)37-17-15-32-34-37/h5-12,15,17,24-27,31H,3-4,13-14,16,18-19H2,1-2H3,(H,33,38)/t24?,25-,26-,27+/m0/s1. The van der Waals surface area contributed by atoms with Gasteiger partial charge in [-0.25, -0.2) is 9.07 Å². The van der Waals surface area contributed by atoms with Crippen molar-refractivity contribution >= 4 is 11.8 Å². The number of hydrogen-bond acceptors (Lipinski definition) is 6. The van der Waals surface area contributed by atoms with Crippen LogP contribution in [0, 0.1) is 5.82 Å². The van der Waals surface area contributed by atoms with Crippen molar-refractivity contribution in [2.75, 3.05) is 33.7 Å². The monoisotopic (exact) mass is 533 g/mol. The van der Waals surface area contributed by atoms with Gasteiger partial charge in [0, 0.05) is 36.7 Å². The van der Waals surface area contributed by atoms with Gasteiger partial charge in [-0.2, -0.15) is 0 Å². The lowest BCUT2D eigenvalue weighted by Gasteiger charge is -2.26. The highest BCUT2D eigenvalue weighted by Crippen LogP contribution is 2.40. The summed E-state index contributed by atoms with van der Waals surface area (Å²) in [7, 11) is 4.06. The number of rotatable bonds is 11. The van der Waals surface area contributed by atoms with Crippen LogP contribution in [0.5, 0.6) is 0 Å². The van der Waals surface area contributed by atoms with Crippen molar-refractivity contribution in [3.63, 3.8) is 0 Å². The zero-order valence-electron chi connectivity index (χ0n) is 22.5. The van der Waals surface area contributed by atoms with Crippen molar-refractivity contribution in [2.45, 2.75) is 49.7 Å². The molecule has 4 atom stereocenters. The summed E-state index contributed by atoms with van der Waals surface area (Å²) in [5, 5.41) is 14.4. The Kier molecular flexibility index (Phi) is 8.33. The predicted octanol–water partition coefficient (Wildman–Crippen LogP) is 2.59. The molecule has 1 saturated heterocycles. The Hall–Kier alpha value is -3.63. The molecule has 1 aromatic heterocycles. The average Bonchev–Trinajstić information content (AvgIpc) is 3.31. The summed E-state index contributed by atoms with van der Waals surface area (Å²) < 4.78 is 14.8. The lowest BCUT2D eigenvalue weighted by molar-refractivity contribution is -0.132. The Morgan fingerprint density at radius 3 is 2.56 bits per heavy atom. The minimum absolute atomic E-state index is 0.0254. The van der Waals surface area contributed by atoms with Crippen LogP contribution in [0.3, 0.4) is 0 Å².